The van der Waals surface area contributed by atoms with E-state index in [0.717, 1.165) is 11.1 Å². The van der Waals surface area contributed by atoms with E-state index in [1.807, 2.05) is 19.9 Å². The topological polar surface area (TPSA) is 69.6 Å². The van der Waals surface area contributed by atoms with Crippen molar-refractivity contribution in [3.8, 4) is 0 Å². The van der Waals surface area contributed by atoms with Crippen molar-refractivity contribution in [1.29, 1.82) is 0 Å². The molecule has 0 unspecified atom stereocenters. The zero-order valence-electron chi connectivity index (χ0n) is 12.6. The van der Waals surface area contributed by atoms with Crippen LogP contribution in [0.3, 0.4) is 0 Å². The Labute approximate surface area is 129 Å². The molecule has 2 N–H and O–H groups in total. The van der Waals surface area contributed by atoms with Crippen LogP contribution in [0.1, 0.15) is 24.0 Å². The van der Waals surface area contributed by atoms with Gasteiger partial charge in [-0.25, -0.2) is 0 Å². The zero-order chi connectivity index (χ0) is 16.0. The third-order valence-electron chi connectivity index (χ3n) is 3.04. The van der Waals surface area contributed by atoms with E-state index in [2.05, 4.69) is 5.32 Å². The lowest BCUT2D eigenvalue weighted by Gasteiger charge is -2.17. The Hall–Kier alpha value is -1.59. The summed E-state index contributed by atoms with van der Waals surface area (Å²) in [5.74, 6) is -0.989. The predicted octanol–water partition coefficient (Wildman–Crippen LogP) is 2.69. The number of aliphatic carboxylic acids is 1. The summed E-state index contributed by atoms with van der Waals surface area (Å²) < 4.78 is 0. The number of aryl methyl sites for hydroxylation is 2. The summed E-state index contributed by atoms with van der Waals surface area (Å²) in [6, 6.07) is 3.76. The molecule has 0 aromatic heterocycles. The van der Waals surface area contributed by atoms with Crippen LogP contribution in [0.25, 0.3) is 0 Å². The minimum absolute atomic E-state index is 0.106. The molecule has 1 rings (SSSR count). The Morgan fingerprint density at radius 1 is 1.33 bits per heavy atom. The number of hydrogen-bond acceptors (Lipinski definition) is 3. The van der Waals surface area contributed by atoms with Crippen LogP contribution in [0.2, 0.25) is 5.02 Å². The van der Waals surface area contributed by atoms with Gasteiger partial charge in [0.15, 0.2) is 0 Å². The van der Waals surface area contributed by atoms with Gasteiger partial charge in [-0.2, -0.15) is 0 Å². The van der Waals surface area contributed by atoms with Gasteiger partial charge in [0.1, 0.15) is 0 Å². The highest BCUT2D eigenvalue weighted by Gasteiger charge is 2.11. The molecule has 1 amide bonds. The number of nitrogens with zero attached hydrogens (tertiary/aromatic N) is 1. The molecule has 0 spiro atoms. The first-order valence-corrected chi connectivity index (χ1v) is 7.14. The monoisotopic (exact) mass is 312 g/mol. The van der Waals surface area contributed by atoms with Crippen molar-refractivity contribution in [2.24, 2.45) is 0 Å². The lowest BCUT2D eigenvalue weighted by Crippen LogP contribution is -2.31. The molecule has 0 atom stereocenters. The smallest absolute Gasteiger partial charge is 0.303 e. The summed E-state index contributed by atoms with van der Waals surface area (Å²) in [5.41, 5.74) is 2.59. The van der Waals surface area contributed by atoms with Gasteiger partial charge < -0.3 is 10.4 Å². The number of benzene rings is 1. The van der Waals surface area contributed by atoms with Gasteiger partial charge in [0.2, 0.25) is 5.91 Å². The van der Waals surface area contributed by atoms with Gasteiger partial charge in [0.05, 0.1) is 17.3 Å². The highest BCUT2D eigenvalue weighted by atomic mass is 35.5. The van der Waals surface area contributed by atoms with E-state index in [1.54, 1.807) is 18.0 Å². The molecule has 116 valence electrons. The number of anilines is 1. The molecule has 0 aliphatic carbocycles. The maximum Gasteiger partial charge on any atom is 0.303 e. The zero-order valence-corrected chi connectivity index (χ0v) is 13.3. The number of hydrogen-bond donors (Lipinski definition) is 2. The minimum Gasteiger partial charge on any atom is -0.481 e. The molecule has 0 aliphatic rings. The van der Waals surface area contributed by atoms with Gasteiger partial charge in [0, 0.05) is 6.42 Å². The Kier molecular flexibility index (Phi) is 6.65. The summed E-state index contributed by atoms with van der Waals surface area (Å²) in [7, 11) is 1.78. The van der Waals surface area contributed by atoms with Crippen molar-refractivity contribution in [1.82, 2.24) is 4.90 Å². The standard InChI is InChI=1S/C15H21ClN2O3/c1-10-7-11(2)15(12(16)8-10)17-13(19)9-18(3)6-4-5-14(20)21/h7-8H,4-6,9H2,1-3H3,(H,17,19)(H,20,21). The SMILES string of the molecule is Cc1cc(C)c(NC(=O)CN(C)CCCC(=O)O)c(Cl)c1. The van der Waals surface area contributed by atoms with Crippen molar-refractivity contribution in [2.75, 3.05) is 25.5 Å². The van der Waals surface area contributed by atoms with Crippen LogP contribution in [-0.4, -0.2) is 42.0 Å². The Morgan fingerprint density at radius 3 is 2.57 bits per heavy atom. The molecule has 5 nitrogen and oxygen atoms in total. The second kappa shape index (κ2) is 8.00. The molecule has 1 aromatic rings. The fraction of sp³-hybridized carbons (Fsp3) is 0.467. The van der Waals surface area contributed by atoms with E-state index < -0.39 is 5.97 Å². The van der Waals surface area contributed by atoms with Crippen molar-refractivity contribution < 1.29 is 14.7 Å². The Balaban J connectivity index is 2.52. The quantitative estimate of drug-likeness (QED) is 0.812. The summed E-state index contributed by atoms with van der Waals surface area (Å²) in [5, 5.41) is 11.9. The molecule has 0 aliphatic heterocycles. The highest BCUT2D eigenvalue weighted by Crippen LogP contribution is 2.27. The second-order valence-electron chi connectivity index (χ2n) is 5.22. The molecule has 0 saturated heterocycles. The first kappa shape index (κ1) is 17.5. The number of rotatable bonds is 7. The molecule has 0 radical (unpaired) electrons. The van der Waals surface area contributed by atoms with Crippen molar-refractivity contribution >= 4 is 29.2 Å². The average Bonchev–Trinajstić information content (AvgIpc) is 2.33. The van der Waals surface area contributed by atoms with Crippen LogP contribution >= 0.6 is 11.6 Å². The van der Waals surface area contributed by atoms with Crippen LogP contribution in [0.15, 0.2) is 12.1 Å². The van der Waals surface area contributed by atoms with Crippen LogP contribution < -0.4 is 5.32 Å². The highest BCUT2D eigenvalue weighted by molar-refractivity contribution is 6.34. The van der Waals surface area contributed by atoms with Gasteiger partial charge in [-0.05, 0) is 51.1 Å². The number of likely N-dealkylation sites (N-methyl/N-ethyl adjacent to an activating group) is 1. The fourth-order valence-corrected chi connectivity index (χ4v) is 2.45. The predicted molar refractivity (Wildman–Crippen MR) is 83.9 cm³/mol. The maximum absolute atomic E-state index is 12.0. The van der Waals surface area contributed by atoms with Gasteiger partial charge in [0.25, 0.3) is 0 Å². The van der Waals surface area contributed by atoms with E-state index in [9.17, 15) is 9.59 Å². The number of carboxylic acid groups (broad SMARTS) is 1. The number of carbonyl (C=O) groups is 2. The summed E-state index contributed by atoms with van der Waals surface area (Å²) in [6.45, 7) is 4.59. The van der Waals surface area contributed by atoms with Crippen molar-refractivity contribution in [3.63, 3.8) is 0 Å². The third-order valence-corrected chi connectivity index (χ3v) is 3.34. The van der Waals surface area contributed by atoms with Crippen LogP contribution in [0.4, 0.5) is 5.69 Å². The molecule has 6 heteroatoms. The maximum atomic E-state index is 12.0. The van der Waals surface area contributed by atoms with E-state index in [0.29, 0.717) is 23.7 Å². The number of carboxylic acids is 1. The summed E-state index contributed by atoms with van der Waals surface area (Å²) in [4.78, 5) is 24.2. The lowest BCUT2D eigenvalue weighted by atomic mass is 10.1. The van der Waals surface area contributed by atoms with Gasteiger partial charge in [-0.15, -0.1) is 0 Å². The largest absolute Gasteiger partial charge is 0.481 e. The molecule has 0 saturated carbocycles. The fourth-order valence-electron chi connectivity index (χ4n) is 2.08. The Morgan fingerprint density at radius 2 is 2.00 bits per heavy atom. The molecule has 21 heavy (non-hydrogen) atoms. The number of halogens is 1. The first-order valence-electron chi connectivity index (χ1n) is 6.76. The van der Waals surface area contributed by atoms with Gasteiger partial charge >= 0.3 is 5.97 Å². The lowest BCUT2D eigenvalue weighted by molar-refractivity contribution is -0.137. The molecular weight excluding hydrogens is 292 g/mol. The van der Waals surface area contributed by atoms with Crippen LogP contribution in [-0.2, 0) is 9.59 Å². The minimum atomic E-state index is -0.824. The second-order valence-corrected chi connectivity index (χ2v) is 5.63. The van der Waals surface area contributed by atoms with Gasteiger partial charge in [-0.3, -0.25) is 14.5 Å². The first-order chi connectivity index (χ1) is 9.79. The molecule has 0 fully saturated rings. The van der Waals surface area contributed by atoms with Crippen molar-refractivity contribution in [2.45, 2.75) is 26.7 Å². The van der Waals surface area contributed by atoms with Crippen molar-refractivity contribution in [3.05, 3.63) is 28.3 Å². The van der Waals surface area contributed by atoms with E-state index in [1.165, 1.54) is 0 Å². The Bertz CT molecular complexity index is 509. The van der Waals surface area contributed by atoms with Gasteiger partial charge in [-0.1, -0.05) is 17.7 Å². The normalized spacial score (nSPS) is 10.7. The van der Waals surface area contributed by atoms with Crippen LogP contribution in [0.5, 0.6) is 0 Å². The van der Waals surface area contributed by atoms with E-state index in [-0.39, 0.29) is 18.9 Å². The molecule has 0 heterocycles. The van der Waals surface area contributed by atoms with E-state index in [4.69, 9.17) is 16.7 Å². The molecular formula is C15H21ClN2O3. The molecule has 1 aromatic carbocycles. The third kappa shape index (κ3) is 6.14. The number of carbonyl (C=O) groups excluding carboxylic acids is 1. The van der Waals surface area contributed by atoms with E-state index >= 15 is 0 Å². The number of nitrogens with one attached hydrogen (secondary N) is 1. The molecule has 0 bridgehead atoms. The summed E-state index contributed by atoms with van der Waals surface area (Å²) in [6.07, 6.45) is 0.623. The number of amides is 1. The summed E-state index contributed by atoms with van der Waals surface area (Å²) >= 11 is 6.14. The average molecular weight is 313 g/mol. The van der Waals surface area contributed by atoms with Crippen LogP contribution in [0, 0.1) is 13.8 Å².